The SMILES string of the molecule is CC(C)N1CCN(c2cccc(C3(CN)CCCC3)c2)CC1. The van der Waals surface area contributed by atoms with Crippen LogP contribution >= 0.6 is 0 Å². The minimum absolute atomic E-state index is 0.246. The fourth-order valence-electron chi connectivity index (χ4n) is 4.19. The van der Waals surface area contributed by atoms with Crippen molar-refractivity contribution in [2.75, 3.05) is 37.6 Å². The summed E-state index contributed by atoms with van der Waals surface area (Å²) in [5.74, 6) is 0. The van der Waals surface area contributed by atoms with E-state index in [2.05, 4.69) is 47.9 Å². The molecule has 2 fully saturated rings. The lowest BCUT2D eigenvalue weighted by Crippen LogP contribution is -2.49. The van der Waals surface area contributed by atoms with Gasteiger partial charge in [0.05, 0.1) is 0 Å². The second-order valence-electron chi connectivity index (χ2n) is 7.36. The predicted octanol–water partition coefficient (Wildman–Crippen LogP) is 2.99. The van der Waals surface area contributed by atoms with Gasteiger partial charge in [-0.25, -0.2) is 0 Å². The number of hydrogen-bond acceptors (Lipinski definition) is 3. The van der Waals surface area contributed by atoms with Crippen LogP contribution in [0.3, 0.4) is 0 Å². The molecule has 22 heavy (non-hydrogen) atoms. The molecule has 1 aliphatic heterocycles. The van der Waals surface area contributed by atoms with E-state index in [4.69, 9.17) is 5.73 Å². The van der Waals surface area contributed by atoms with E-state index in [1.807, 2.05) is 0 Å². The van der Waals surface area contributed by atoms with Crippen molar-refractivity contribution in [3.05, 3.63) is 29.8 Å². The standard InChI is InChI=1S/C19H31N3/c1-16(2)21-10-12-22(13-11-21)18-7-5-6-17(14-18)19(15-20)8-3-4-9-19/h5-7,14,16H,3-4,8-13,15,20H2,1-2H3. The number of piperazine rings is 1. The molecule has 3 heteroatoms. The molecule has 1 aromatic carbocycles. The summed E-state index contributed by atoms with van der Waals surface area (Å²) < 4.78 is 0. The second-order valence-corrected chi connectivity index (χ2v) is 7.36. The highest BCUT2D eigenvalue weighted by Gasteiger charge is 2.34. The van der Waals surface area contributed by atoms with Crippen LogP contribution in [0.1, 0.15) is 45.1 Å². The van der Waals surface area contributed by atoms with Gasteiger partial charge in [0.2, 0.25) is 0 Å². The molecule has 3 nitrogen and oxygen atoms in total. The molecule has 122 valence electrons. The van der Waals surface area contributed by atoms with Crippen LogP contribution in [-0.2, 0) is 5.41 Å². The van der Waals surface area contributed by atoms with Crippen molar-refractivity contribution < 1.29 is 0 Å². The van der Waals surface area contributed by atoms with Gasteiger partial charge in [0.25, 0.3) is 0 Å². The zero-order valence-electron chi connectivity index (χ0n) is 14.2. The first-order chi connectivity index (χ1) is 10.6. The van der Waals surface area contributed by atoms with Crippen molar-refractivity contribution in [2.45, 2.75) is 51.0 Å². The average Bonchev–Trinajstić information content (AvgIpc) is 3.05. The molecular weight excluding hydrogens is 270 g/mol. The normalized spacial score (nSPS) is 22.5. The first-order valence-corrected chi connectivity index (χ1v) is 8.94. The summed E-state index contributed by atoms with van der Waals surface area (Å²) in [6.45, 7) is 9.99. The maximum absolute atomic E-state index is 6.16. The van der Waals surface area contributed by atoms with Crippen LogP contribution in [0.2, 0.25) is 0 Å². The van der Waals surface area contributed by atoms with Crippen molar-refractivity contribution in [2.24, 2.45) is 5.73 Å². The van der Waals surface area contributed by atoms with Gasteiger partial charge in [-0.15, -0.1) is 0 Å². The van der Waals surface area contributed by atoms with E-state index in [-0.39, 0.29) is 5.41 Å². The fourth-order valence-corrected chi connectivity index (χ4v) is 4.19. The Hall–Kier alpha value is -1.06. The van der Waals surface area contributed by atoms with Gasteiger partial charge >= 0.3 is 0 Å². The first kappa shape index (κ1) is 15.8. The summed E-state index contributed by atoms with van der Waals surface area (Å²) in [5.41, 5.74) is 9.26. The maximum Gasteiger partial charge on any atom is 0.0370 e. The molecule has 3 rings (SSSR count). The molecule has 0 unspecified atom stereocenters. The third-order valence-electron chi connectivity index (χ3n) is 5.82. The third kappa shape index (κ3) is 3.02. The Morgan fingerprint density at radius 2 is 1.77 bits per heavy atom. The summed E-state index contributed by atoms with van der Waals surface area (Å²) in [5, 5.41) is 0. The third-order valence-corrected chi connectivity index (χ3v) is 5.82. The van der Waals surface area contributed by atoms with Gasteiger partial charge in [0.15, 0.2) is 0 Å². The zero-order chi connectivity index (χ0) is 15.6. The summed E-state index contributed by atoms with van der Waals surface area (Å²) in [4.78, 5) is 5.11. The monoisotopic (exact) mass is 301 g/mol. The van der Waals surface area contributed by atoms with Crippen molar-refractivity contribution >= 4 is 5.69 Å². The smallest absolute Gasteiger partial charge is 0.0370 e. The van der Waals surface area contributed by atoms with Crippen molar-refractivity contribution in [1.82, 2.24) is 4.90 Å². The molecule has 1 heterocycles. The lowest BCUT2D eigenvalue weighted by atomic mass is 9.79. The Kier molecular flexibility index (Phi) is 4.74. The zero-order valence-corrected chi connectivity index (χ0v) is 14.2. The highest BCUT2D eigenvalue weighted by Crippen LogP contribution is 2.41. The molecule has 0 radical (unpaired) electrons. The van der Waals surface area contributed by atoms with E-state index in [0.29, 0.717) is 6.04 Å². The Bertz CT molecular complexity index is 483. The van der Waals surface area contributed by atoms with Crippen LogP contribution in [0.4, 0.5) is 5.69 Å². The van der Waals surface area contributed by atoms with Crippen LogP contribution in [0.25, 0.3) is 0 Å². The van der Waals surface area contributed by atoms with Gasteiger partial charge < -0.3 is 10.6 Å². The van der Waals surface area contributed by atoms with Crippen LogP contribution in [0.15, 0.2) is 24.3 Å². The van der Waals surface area contributed by atoms with Gasteiger partial charge in [0, 0.05) is 49.9 Å². The van der Waals surface area contributed by atoms with Crippen LogP contribution in [-0.4, -0.2) is 43.7 Å². The minimum Gasteiger partial charge on any atom is -0.369 e. The lowest BCUT2D eigenvalue weighted by molar-refractivity contribution is 0.209. The predicted molar refractivity (Wildman–Crippen MR) is 94.6 cm³/mol. The summed E-state index contributed by atoms with van der Waals surface area (Å²) in [6.07, 6.45) is 5.17. The molecule has 2 aliphatic rings. The van der Waals surface area contributed by atoms with Crippen molar-refractivity contribution in [3.63, 3.8) is 0 Å². The van der Waals surface area contributed by atoms with E-state index in [9.17, 15) is 0 Å². The number of anilines is 1. The van der Waals surface area contributed by atoms with Crippen LogP contribution in [0.5, 0.6) is 0 Å². The molecule has 0 bridgehead atoms. The molecule has 2 N–H and O–H groups in total. The minimum atomic E-state index is 0.246. The summed E-state index contributed by atoms with van der Waals surface area (Å²) in [7, 11) is 0. The molecule has 0 aromatic heterocycles. The molecule has 1 saturated carbocycles. The van der Waals surface area contributed by atoms with E-state index in [1.165, 1.54) is 50.0 Å². The van der Waals surface area contributed by atoms with Gasteiger partial charge in [-0.3, -0.25) is 4.90 Å². The van der Waals surface area contributed by atoms with E-state index in [0.717, 1.165) is 19.6 Å². The highest BCUT2D eigenvalue weighted by molar-refractivity contribution is 5.51. The number of nitrogens with zero attached hydrogens (tertiary/aromatic N) is 2. The molecule has 1 aliphatic carbocycles. The van der Waals surface area contributed by atoms with Gasteiger partial charge in [-0.2, -0.15) is 0 Å². The Labute approximate surface area is 135 Å². The van der Waals surface area contributed by atoms with Gasteiger partial charge in [-0.1, -0.05) is 25.0 Å². The fraction of sp³-hybridized carbons (Fsp3) is 0.684. The highest BCUT2D eigenvalue weighted by atomic mass is 15.3. The van der Waals surface area contributed by atoms with Crippen molar-refractivity contribution in [3.8, 4) is 0 Å². The number of nitrogens with two attached hydrogens (primary N) is 1. The van der Waals surface area contributed by atoms with Crippen LogP contribution < -0.4 is 10.6 Å². The second kappa shape index (κ2) is 6.59. The van der Waals surface area contributed by atoms with E-state index >= 15 is 0 Å². The quantitative estimate of drug-likeness (QED) is 0.928. The molecule has 0 spiro atoms. The average molecular weight is 301 g/mol. The molecule has 0 amide bonds. The molecule has 1 aromatic rings. The Morgan fingerprint density at radius 1 is 1.09 bits per heavy atom. The lowest BCUT2D eigenvalue weighted by Gasteiger charge is -2.38. The molecular formula is C19H31N3. The largest absolute Gasteiger partial charge is 0.369 e. The number of rotatable bonds is 4. The number of benzene rings is 1. The maximum atomic E-state index is 6.16. The van der Waals surface area contributed by atoms with Crippen molar-refractivity contribution in [1.29, 1.82) is 0 Å². The van der Waals surface area contributed by atoms with E-state index < -0.39 is 0 Å². The first-order valence-electron chi connectivity index (χ1n) is 8.94. The van der Waals surface area contributed by atoms with E-state index in [1.54, 1.807) is 0 Å². The van der Waals surface area contributed by atoms with Crippen LogP contribution in [0, 0.1) is 0 Å². The molecule has 1 saturated heterocycles. The Balaban J connectivity index is 1.75. The van der Waals surface area contributed by atoms with Gasteiger partial charge in [0.1, 0.15) is 0 Å². The topological polar surface area (TPSA) is 32.5 Å². The summed E-state index contributed by atoms with van der Waals surface area (Å²) in [6, 6.07) is 9.88. The molecule has 0 atom stereocenters. The number of hydrogen-bond donors (Lipinski definition) is 1. The summed E-state index contributed by atoms with van der Waals surface area (Å²) >= 11 is 0. The Morgan fingerprint density at radius 3 is 2.36 bits per heavy atom. The van der Waals surface area contributed by atoms with Gasteiger partial charge in [-0.05, 0) is 44.4 Å².